The summed E-state index contributed by atoms with van der Waals surface area (Å²) < 4.78 is 0. The average molecular weight is 335 g/mol. The third-order valence-corrected chi connectivity index (χ3v) is 4.36. The van der Waals surface area contributed by atoms with Gasteiger partial charge in [-0.25, -0.2) is 4.99 Å². The van der Waals surface area contributed by atoms with Crippen molar-refractivity contribution in [3.8, 4) is 0 Å². The summed E-state index contributed by atoms with van der Waals surface area (Å²) in [6.45, 7) is 0. The number of halogens is 2. The minimum atomic E-state index is 0.670. The topological polar surface area (TPSA) is 24.7 Å². The van der Waals surface area contributed by atoms with Gasteiger partial charge in [-0.2, -0.15) is 0 Å². The molecule has 0 saturated carbocycles. The van der Waals surface area contributed by atoms with Crippen LogP contribution in [0.15, 0.2) is 52.4 Å². The summed E-state index contributed by atoms with van der Waals surface area (Å²) in [6, 6.07) is 13.3. The zero-order valence-electron chi connectivity index (χ0n) is 11.3. The molecule has 2 aromatic carbocycles. The first-order valence-corrected chi connectivity index (χ1v) is 8.38. The van der Waals surface area contributed by atoms with E-state index >= 15 is 0 Å². The normalized spacial score (nSPS) is 14.0. The Labute approximate surface area is 137 Å². The van der Waals surface area contributed by atoms with E-state index in [4.69, 9.17) is 28.2 Å². The fourth-order valence-corrected chi connectivity index (χ4v) is 2.87. The van der Waals surface area contributed by atoms with E-state index in [0.717, 1.165) is 32.7 Å². The van der Waals surface area contributed by atoms with Crippen molar-refractivity contribution in [2.75, 3.05) is 6.26 Å². The van der Waals surface area contributed by atoms with E-state index in [1.54, 1.807) is 11.8 Å². The molecule has 2 aromatic rings. The van der Waals surface area contributed by atoms with Crippen molar-refractivity contribution in [2.24, 2.45) is 9.98 Å². The lowest BCUT2D eigenvalue weighted by atomic mass is 10.1. The average Bonchev–Trinajstić information content (AvgIpc) is 2.66. The van der Waals surface area contributed by atoms with Crippen molar-refractivity contribution in [3.63, 3.8) is 0 Å². The van der Waals surface area contributed by atoms with Gasteiger partial charge in [0.2, 0.25) is 0 Å². The molecule has 3 rings (SSSR count). The highest BCUT2D eigenvalue weighted by Gasteiger charge is 2.14. The molecule has 0 fully saturated rings. The van der Waals surface area contributed by atoms with Crippen molar-refractivity contribution in [1.29, 1.82) is 0 Å². The lowest BCUT2D eigenvalue weighted by Gasteiger charge is -2.05. The van der Waals surface area contributed by atoms with Crippen molar-refractivity contribution in [3.05, 3.63) is 58.1 Å². The van der Waals surface area contributed by atoms with Crippen LogP contribution in [0.1, 0.15) is 12.0 Å². The number of hydrogen-bond donors (Lipinski definition) is 0. The molecule has 0 spiro atoms. The van der Waals surface area contributed by atoms with Crippen LogP contribution < -0.4 is 0 Å². The summed E-state index contributed by atoms with van der Waals surface area (Å²) in [5, 5.41) is 2.41. The molecule has 0 aliphatic carbocycles. The van der Waals surface area contributed by atoms with Crippen LogP contribution >= 0.6 is 35.0 Å². The molecule has 21 heavy (non-hydrogen) atoms. The van der Waals surface area contributed by atoms with Crippen molar-refractivity contribution < 1.29 is 0 Å². The van der Waals surface area contributed by atoms with Crippen LogP contribution in [0.2, 0.25) is 10.0 Å². The van der Waals surface area contributed by atoms with E-state index in [-0.39, 0.29) is 0 Å². The molecule has 5 heteroatoms. The summed E-state index contributed by atoms with van der Waals surface area (Å²) in [6.07, 6.45) is 2.73. The van der Waals surface area contributed by atoms with Crippen molar-refractivity contribution >= 4 is 57.1 Å². The molecule has 1 heterocycles. The molecule has 0 unspecified atom stereocenters. The third-order valence-electron chi connectivity index (χ3n) is 3.17. The highest BCUT2D eigenvalue weighted by atomic mass is 35.5. The zero-order chi connectivity index (χ0) is 14.8. The van der Waals surface area contributed by atoms with Crippen LogP contribution in [0.5, 0.6) is 0 Å². The maximum atomic E-state index is 6.05. The largest absolute Gasteiger partial charge is 0.250 e. The lowest BCUT2D eigenvalue weighted by molar-refractivity contribution is 1.45. The maximum Gasteiger partial charge on any atom is 0.0910 e. The maximum absolute atomic E-state index is 6.05. The van der Waals surface area contributed by atoms with E-state index < -0.39 is 0 Å². The first-order valence-electron chi connectivity index (χ1n) is 6.40. The summed E-state index contributed by atoms with van der Waals surface area (Å²) in [7, 11) is 0. The molecule has 0 N–H and O–H groups in total. The molecule has 1 aliphatic rings. The van der Waals surface area contributed by atoms with Crippen LogP contribution in [0, 0.1) is 0 Å². The van der Waals surface area contributed by atoms with Gasteiger partial charge in [0.15, 0.2) is 0 Å². The highest BCUT2D eigenvalue weighted by molar-refractivity contribution is 8.13. The predicted molar refractivity (Wildman–Crippen MR) is 94.3 cm³/mol. The van der Waals surface area contributed by atoms with Gasteiger partial charge in [0, 0.05) is 16.5 Å². The molecular weight excluding hydrogens is 323 g/mol. The number of fused-ring (bicyclic) bond motifs is 1. The minimum absolute atomic E-state index is 0.670. The summed E-state index contributed by atoms with van der Waals surface area (Å²) in [4.78, 5) is 9.43. The van der Waals surface area contributed by atoms with Gasteiger partial charge in [-0.3, -0.25) is 4.99 Å². The monoisotopic (exact) mass is 334 g/mol. The fraction of sp³-hybridized carbons (Fsp3) is 0.125. The molecule has 0 bridgehead atoms. The van der Waals surface area contributed by atoms with Crippen molar-refractivity contribution in [2.45, 2.75) is 6.42 Å². The number of thioether (sulfide) groups is 1. The second-order valence-electron chi connectivity index (χ2n) is 4.58. The third kappa shape index (κ3) is 3.31. The molecule has 1 aliphatic heterocycles. The SMILES string of the molecule is CSC1=Nc2cc(Cl)ccc2N=C(c2ccc(Cl)cc2)C1. The number of aliphatic imine (C=N–C) groups is 2. The first-order chi connectivity index (χ1) is 10.2. The molecule has 0 saturated heterocycles. The second-order valence-corrected chi connectivity index (χ2v) is 6.34. The number of benzene rings is 2. The summed E-state index contributed by atoms with van der Waals surface area (Å²) in [5.41, 5.74) is 3.70. The number of nitrogens with zero attached hydrogens (tertiary/aromatic N) is 2. The number of rotatable bonds is 1. The van der Waals surface area contributed by atoms with Crippen LogP contribution in [-0.4, -0.2) is 17.0 Å². The van der Waals surface area contributed by atoms with Gasteiger partial charge in [0.1, 0.15) is 0 Å². The molecule has 0 amide bonds. The fourth-order valence-electron chi connectivity index (χ4n) is 2.11. The minimum Gasteiger partial charge on any atom is -0.250 e. The second kappa shape index (κ2) is 6.22. The van der Waals surface area contributed by atoms with E-state index in [1.165, 1.54) is 0 Å². The summed E-state index contributed by atoms with van der Waals surface area (Å²) >= 11 is 13.6. The molecule has 0 radical (unpaired) electrons. The van der Waals surface area contributed by atoms with Crippen LogP contribution in [-0.2, 0) is 0 Å². The van der Waals surface area contributed by atoms with Crippen LogP contribution in [0.3, 0.4) is 0 Å². The smallest absolute Gasteiger partial charge is 0.0910 e. The molecule has 2 nitrogen and oxygen atoms in total. The molecule has 0 atom stereocenters. The van der Waals surface area contributed by atoms with E-state index in [0.29, 0.717) is 11.4 Å². The van der Waals surface area contributed by atoms with Gasteiger partial charge >= 0.3 is 0 Å². The van der Waals surface area contributed by atoms with Gasteiger partial charge in [-0.1, -0.05) is 35.3 Å². The Morgan fingerprint density at radius 3 is 2.33 bits per heavy atom. The predicted octanol–water partition coefficient (Wildman–Crippen LogP) is 5.91. The number of hydrogen-bond acceptors (Lipinski definition) is 3. The van der Waals surface area contributed by atoms with E-state index in [2.05, 4.69) is 4.99 Å². The first kappa shape index (κ1) is 14.6. The Kier molecular flexibility index (Phi) is 4.34. The van der Waals surface area contributed by atoms with Gasteiger partial charge in [-0.05, 0) is 42.2 Å². The highest BCUT2D eigenvalue weighted by Crippen LogP contribution is 2.35. The van der Waals surface area contributed by atoms with Crippen LogP contribution in [0.25, 0.3) is 0 Å². The Balaban J connectivity index is 2.11. The Bertz CT molecular complexity index is 736. The van der Waals surface area contributed by atoms with Gasteiger partial charge in [-0.15, -0.1) is 11.8 Å². The van der Waals surface area contributed by atoms with Gasteiger partial charge < -0.3 is 0 Å². The standard InChI is InChI=1S/C16H12Cl2N2S/c1-21-16-9-14(10-2-4-11(17)5-3-10)19-13-7-6-12(18)8-15(13)20-16/h2-8H,9H2,1H3. The van der Waals surface area contributed by atoms with Crippen molar-refractivity contribution in [1.82, 2.24) is 0 Å². The molecular formula is C16H12Cl2N2S. The Morgan fingerprint density at radius 2 is 1.62 bits per heavy atom. The zero-order valence-corrected chi connectivity index (χ0v) is 13.6. The van der Waals surface area contributed by atoms with E-state index in [9.17, 15) is 0 Å². The van der Waals surface area contributed by atoms with E-state index in [1.807, 2.05) is 48.7 Å². The Hall–Kier alpha value is -1.29. The molecule has 0 aromatic heterocycles. The molecule has 106 valence electrons. The Morgan fingerprint density at radius 1 is 0.905 bits per heavy atom. The van der Waals surface area contributed by atoms with Gasteiger partial charge in [0.05, 0.1) is 22.1 Å². The van der Waals surface area contributed by atoms with Crippen LogP contribution in [0.4, 0.5) is 11.4 Å². The quantitative estimate of drug-likeness (QED) is 0.636. The lowest BCUT2D eigenvalue weighted by Crippen LogP contribution is -2.05. The summed E-state index contributed by atoms with van der Waals surface area (Å²) in [5.74, 6) is 0. The van der Waals surface area contributed by atoms with Gasteiger partial charge in [0.25, 0.3) is 0 Å².